The molecule has 1 unspecified atom stereocenters. The molecule has 1 saturated carbocycles. The Kier molecular flexibility index (Phi) is 7.37. The highest BCUT2D eigenvalue weighted by molar-refractivity contribution is 5.94. The van der Waals surface area contributed by atoms with Gasteiger partial charge in [-0.25, -0.2) is 0 Å². The fourth-order valence-electron chi connectivity index (χ4n) is 4.46. The number of hydrogen-bond donors (Lipinski definition) is 3. The van der Waals surface area contributed by atoms with E-state index in [0.29, 0.717) is 5.56 Å². The van der Waals surface area contributed by atoms with E-state index in [1.54, 1.807) is 6.20 Å². The van der Waals surface area contributed by atoms with Gasteiger partial charge in [-0.2, -0.15) is 5.10 Å². The number of nitrogens with zero attached hydrogens (tertiary/aromatic N) is 2. The maximum Gasteiger partial charge on any atom is 0.254 e. The van der Waals surface area contributed by atoms with Gasteiger partial charge in [0.1, 0.15) is 6.54 Å². The Bertz CT molecular complexity index is 891. The number of fused-ring (bicyclic) bond motifs is 1. The highest BCUT2D eigenvalue weighted by Gasteiger charge is 2.23. The Morgan fingerprint density at radius 3 is 2.70 bits per heavy atom. The molecule has 0 saturated heterocycles. The normalized spacial score (nSPS) is 18.7. The number of benzene rings is 1. The number of carbonyl (C=O) groups excluding carboxylic acids is 2. The minimum atomic E-state index is -0.168. The van der Waals surface area contributed by atoms with E-state index in [9.17, 15) is 9.59 Å². The largest absolute Gasteiger partial charge is 0.399 e. The number of carbonyl (C=O) groups is 2. The standard InChI is InChI=1S/C22H29N5O2.ClH/c23-17-9-10-19-15(11-17)5-4-8-20(19)26-22(29)16-12-24-27(13-16)14-21(28)25-18-6-2-1-3-7-18;/h9-13,18,20H,1-8,14,23H2,(H,25,28)(H,26,29);1H. The number of halogens is 1. The van der Waals surface area contributed by atoms with Crippen LogP contribution in [-0.4, -0.2) is 27.6 Å². The minimum Gasteiger partial charge on any atom is -0.399 e. The molecule has 4 rings (SSSR count). The third kappa shape index (κ3) is 5.33. The van der Waals surface area contributed by atoms with Crippen LogP contribution in [0.2, 0.25) is 0 Å². The molecule has 4 N–H and O–H groups in total. The van der Waals surface area contributed by atoms with Gasteiger partial charge in [-0.3, -0.25) is 14.3 Å². The van der Waals surface area contributed by atoms with Gasteiger partial charge < -0.3 is 16.4 Å². The molecule has 162 valence electrons. The Labute approximate surface area is 183 Å². The average Bonchev–Trinajstić information content (AvgIpc) is 3.17. The zero-order valence-electron chi connectivity index (χ0n) is 17.1. The van der Waals surface area contributed by atoms with E-state index in [2.05, 4.69) is 15.7 Å². The van der Waals surface area contributed by atoms with Crippen LogP contribution in [0.3, 0.4) is 0 Å². The third-order valence-electron chi connectivity index (χ3n) is 5.96. The summed E-state index contributed by atoms with van der Waals surface area (Å²) in [4.78, 5) is 25.0. The molecule has 1 aromatic heterocycles. The van der Waals surface area contributed by atoms with Gasteiger partial charge >= 0.3 is 0 Å². The summed E-state index contributed by atoms with van der Waals surface area (Å²) >= 11 is 0. The van der Waals surface area contributed by atoms with E-state index in [1.807, 2.05) is 18.2 Å². The Morgan fingerprint density at radius 2 is 1.90 bits per heavy atom. The summed E-state index contributed by atoms with van der Waals surface area (Å²) in [6.07, 6.45) is 11.8. The van der Waals surface area contributed by atoms with Gasteiger partial charge in [-0.05, 0) is 55.4 Å². The van der Waals surface area contributed by atoms with Crippen molar-refractivity contribution in [2.24, 2.45) is 0 Å². The molecular weight excluding hydrogens is 402 g/mol. The minimum absolute atomic E-state index is 0. The fraction of sp³-hybridized carbons (Fsp3) is 0.500. The molecule has 0 aliphatic heterocycles. The van der Waals surface area contributed by atoms with Crippen molar-refractivity contribution < 1.29 is 9.59 Å². The molecule has 1 atom stereocenters. The van der Waals surface area contributed by atoms with E-state index >= 15 is 0 Å². The molecule has 2 aliphatic rings. The lowest BCUT2D eigenvalue weighted by Crippen LogP contribution is -2.38. The zero-order valence-corrected chi connectivity index (χ0v) is 17.9. The molecule has 8 heteroatoms. The molecule has 0 radical (unpaired) electrons. The van der Waals surface area contributed by atoms with Crippen LogP contribution in [0.4, 0.5) is 5.69 Å². The van der Waals surface area contributed by atoms with Crippen molar-refractivity contribution in [3.8, 4) is 0 Å². The molecule has 0 bridgehead atoms. The lowest BCUT2D eigenvalue weighted by atomic mass is 9.87. The molecule has 1 heterocycles. The molecule has 2 aromatic rings. The summed E-state index contributed by atoms with van der Waals surface area (Å²) < 4.78 is 1.53. The number of anilines is 1. The lowest BCUT2D eigenvalue weighted by Gasteiger charge is -2.26. The number of nitrogens with two attached hydrogens (primary N) is 1. The molecule has 1 fully saturated rings. The lowest BCUT2D eigenvalue weighted by molar-refractivity contribution is -0.122. The Hall–Kier alpha value is -2.54. The topological polar surface area (TPSA) is 102 Å². The van der Waals surface area contributed by atoms with Crippen molar-refractivity contribution in [1.29, 1.82) is 0 Å². The number of aromatic nitrogens is 2. The number of rotatable bonds is 5. The number of nitrogen functional groups attached to an aromatic ring is 1. The molecule has 1 aromatic carbocycles. The first-order valence-electron chi connectivity index (χ1n) is 10.6. The summed E-state index contributed by atoms with van der Waals surface area (Å²) in [6.45, 7) is 0.134. The van der Waals surface area contributed by atoms with Crippen molar-refractivity contribution in [3.63, 3.8) is 0 Å². The summed E-state index contributed by atoms with van der Waals surface area (Å²) in [5.74, 6) is -0.218. The van der Waals surface area contributed by atoms with E-state index in [0.717, 1.165) is 43.4 Å². The van der Waals surface area contributed by atoms with Gasteiger partial charge in [0.2, 0.25) is 5.91 Å². The van der Waals surface area contributed by atoms with E-state index < -0.39 is 0 Å². The molecular formula is C22H30ClN5O2. The summed E-state index contributed by atoms with van der Waals surface area (Å²) in [7, 11) is 0. The highest BCUT2D eigenvalue weighted by atomic mass is 35.5. The molecule has 0 spiro atoms. The number of aryl methyl sites for hydroxylation is 1. The van der Waals surface area contributed by atoms with E-state index in [4.69, 9.17) is 5.73 Å². The molecule has 30 heavy (non-hydrogen) atoms. The fourth-order valence-corrected chi connectivity index (χ4v) is 4.46. The summed E-state index contributed by atoms with van der Waals surface area (Å²) in [6, 6.07) is 6.14. The van der Waals surface area contributed by atoms with Crippen LogP contribution in [0.5, 0.6) is 0 Å². The SMILES string of the molecule is Cl.Nc1ccc2c(c1)CCCC2NC(=O)c1cnn(CC(=O)NC2CCCCC2)c1. The second-order valence-electron chi connectivity index (χ2n) is 8.21. The van der Waals surface area contributed by atoms with Crippen LogP contribution in [-0.2, 0) is 17.8 Å². The predicted octanol–water partition coefficient (Wildman–Crippen LogP) is 3.14. The van der Waals surface area contributed by atoms with Gasteiger partial charge in [0.25, 0.3) is 5.91 Å². The van der Waals surface area contributed by atoms with Gasteiger partial charge in [0.15, 0.2) is 0 Å². The van der Waals surface area contributed by atoms with Crippen molar-refractivity contribution in [2.75, 3.05) is 5.73 Å². The van der Waals surface area contributed by atoms with Crippen LogP contribution in [0.1, 0.15) is 72.5 Å². The Morgan fingerprint density at radius 1 is 1.10 bits per heavy atom. The second kappa shape index (κ2) is 9.98. The zero-order chi connectivity index (χ0) is 20.2. The molecule has 2 aliphatic carbocycles. The van der Waals surface area contributed by atoms with Gasteiger partial charge in [0.05, 0.1) is 17.8 Å². The van der Waals surface area contributed by atoms with Crippen LogP contribution in [0.15, 0.2) is 30.6 Å². The number of nitrogens with one attached hydrogen (secondary N) is 2. The second-order valence-corrected chi connectivity index (χ2v) is 8.21. The third-order valence-corrected chi connectivity index (χ3v) is 5.96. The van der Waals surface area contributed by atoms with Crippen LogP contribution in [0, 0.1) is 0 Å². The first-order valence-corrected chi connectivity index (χ1v) is 10.6. The van der Waals surface area contributed by atoms with Crippen LogP contribution >= 0.6 is 12.4 Å². The van der Waals surface area contributed by atoms with E-state index in [-0.39, 0.29) is 42.8 Å². The van der Waals surface area contributed by atoms with Gasteiger partial charge in [0, 0.05) is 17.9 Å². The maximum atomic E-state index is 12.7. The van der Waals surface area contributed by atoms with Crippen LogP contribution in [0.25, 0.3) is 0 Å². The van der Waals surface area contributed by atoms with Gasteiger partial charge in [-0.1, -0.05) is 25.3 Å². The quantitative estimate of drug-likeness (QED) is 0.633. The summed E-state index contributed by atoms with van der Waals surface area (Å²) in [5.41, 5.74) is 9.46. The average molecular weight is 432 g/mol. The number of amides is 2. The number of hydrogen-bond acceptors (Lipinski definition) is 4. The van der Waals surface area contributed by atoms with Crippen LogP contribution < -0.4 is 16.4 Å². The summed E-state index contributed by atoms with van der Waals surface area (Å²) in [5, 5.41) is 10.4. The van der Waals surface area contributed by atoms with Crippen molar-refractivity contribution in [1.82, 2.24) is 20.4 Å². The first kappa shape index (κ1) is 22.2. The highest BCUT2D eigenvalue weighted by Crippen LogP contribution is 2.31. The molecule has 2 amide bonds. The Balaban J connectivity index is 0.00000256. The first-order chi connectivity index (χ1) is 14.1. The smallest absolute Gasteiger partial charge is 0.254 e. The van der Waals surface area contributed by atoms with Crippen molar-refractivity contribution >= 4 is 29.9 Å². The molecule has 7 nitrogen and oxygen atoms in total. The maximum absolute atomic E-state index is 12.7. The predicted molar refractivity (Wildman–Crippen MR) is 118 cm³/mol. The van der Waals surface area contributed by atoms with E-state index in [1.165, 1.54) is 35.7 Å². The van der Waals surface area contributed by atoms with Crippen molar-refractivity contribution in [2.45, 2.75) is 70.0 Å². The van der Waals surface area contributed by atoms with Crippen molar-refractivity contribution in [3.05, 3.63) is 47.3 Å². The monoisotopic (exact) mass is 431 g/mol. The van der Waals surface area contributed by atoms with Gasteiger partial charge in [-0.15, -0.1) is 12.4 Å².